The molecule has 7 heteroatoms. The van der Waals surface area contributed by atoms with Crippen molar-refractivity contribution in [1.29, 1.82) is 0 Å². The van der Waals surface area contributed by atoms with Crippen LogP contribution in [0.5, 0.6) is 5.75 Å². The molecule has 5 nitrogen and oxygen atoms in total. The van der Waals surface area contributed by atoms with Crippen LogP contribution in [-0.4, -0.2) is 56.2 Å². The van der Waals surface area contributed by atoms with E-state index in [1.807, 2.05) is 19.1 Å². The van der Waals surface area contributed by atoms with Crippen LogP contribution in [0.25, 0.3) is 0 Å². The van der Waals surface area contributed by atoms with Crippen LogP contribution < -0.4 is 15.4 Å². The van der Waals surface area contributed by atoms with Crippen molar-refractivity contribution in [2.45, 2.75) is 25.9 Å². The molecule has 0 bridgehead atoms. The van der Waals surface area contributed by atoms with E-state index in [2.05, 4.69) is 15.5 Å². The summed E-state index contributed by atoms with van der Waals surface area (Å²) in [4.78, 5) is 14.7. The number of para-hydroxylation sites is 1. The Labute approximate surface area is 155 Å². The maximum atomic E-state index is 12.2. The molecule has 2 rings (SSSR count). The summed E-state index contributed by atoms with van der Waals surface area (Å²) in [6.45, 7) is 7.89. The lowest BCUT2D eigenvalue weighted by Gasteiger charge is -2.27. The molecule has 2 N–H and O–H groups in total. The number of halogens is 2. The van der Waals surface area contributed by atoms with Gasteiger partial charge in [0.2, 0.25) is 0 Å². The Balaban J connectivity index is 0.00000288. The van der Waals surface area contributed by atoms with Gasteiger partial charge in [0, 0.05) is 32.7 Å². The predicted molar refractivity (Wildman–Crippen MR) is 100 cm³/mol. The van der Waals surface area contributed by atoms with E-state index in [-0.39, 0.29) is 18.3 Å². The van der Waals surface area contributed by atoms with Crippen LogP contribution in [0.4, 0.5) is 0 Å². The summed E-state index contributed by atoms with van der Waals surface area (Å²) in [6.07, 6.45) is 1.05. The smallest absolute Gasteiger partial charge is 0.261 e. The first-order valence-electron chi connectivity index (χ1n) is 8.32. The molecule has 1 aliphatic heterocycles. The average Bonchev–Trinajstić information content (AvgIpc) is 2.59. The van der Waals surface area contributed by atoms with Gasteiger partial charge in [0.05, 0.1) is 5.02 Å². The number of nitrogens with one attached hydrogen (secondary N) is 2. The van der Waals surface area contributed by atoms with Crippen molar-refractivity contribution in [2.24, 2.45) is 0 Å². The Kier molecular flexibility index (Phi) is 10.1. The number of carbonyl (C=O) groups is 1. The van der Waals surface area contributed by atoms with Crippen molar-refractivity contribution in [3.63, 3.8) is 0 Å². The van der Waals surface area contributed by atoms with Crippen LogP contribution >= 0.6 is 24.0 Å². The summed E-state index contributed by atoms with van der Waals surface area (Å²) in [7, 11) is 0. The molecule has 1 atom stereocenters. The van der Waals surface area contributed by atoms with Crippen molar-refractivity contribution >= 4 is 29.9 Å². The summed E-state index contributed by atoms with van der Waals surface area (Å²) in [5, 5.41) is 6.82. The van der Waals surface area contributed by atoms with Crippen LogP contribution in [0.2, 0.25) is 5.02 Å². The topological polar surface area (TPSA) is 53.6 Å². The Morgan fingerprint density at radius 1 is 1.38 bits per heavy atom. The fourth-order valence-corrected chi connectivity index (χ4v) is 2.76. The Morgan fingerprint density at radius 2 is 2.08 bits per heavy atom. The Hall–Kier alpha value is -1.01. The van der Waals surface area contributed by atoms with Gasteiger partial charge in [-0.05, 0) is 31.5 Å². The average molecular weight is 376 g/mol. The van der Waals surface area contributed by atoms with Crippen LogP contribution in [0.1, 0.15) is 19.8 Å². The van der Waals surface area contributed by atoms with Crippen LogP contribution in [0, 0.1) is 0 Å². The maximum Gasteiger partial charge on any atom is 0.261 e. The molecular formula is C17H27Cl2N3O2. The lowest BCUT2D eigenvalue weighted by molar-refractivity contribution is -0.128. The number of amides is 1. The second-order valence-corrected chi connectivity index (χ2v) is 6.09. The number of nitrogens with zero attached hydrogens (tertiary/aromatic N) is 1. The largest absolute Gasteiger partial charge is 0.479 e. The van der Waals surface area contributed by atoms with Gasteiger partial charge < -0.3 is 20.3 Å². The lowest BCUT2D eigenvalue weighted by atomic mass is 10.2. The molecule has 0 radical (unpaired) electrons. The van der Waals surface area contributed by atoms with Crippen molar-refractivity contribution in [3.8, 4) is 5.75 Å². The molecular weight excluding hydrogens is 349 g/mol. The molecule has 0 saturated carbocycles. The Bertz CT molecular complexity index is 496. The van der Waals surface area contributed by atoms with E-state index in [1.54, 1.807) is 12.1 Å². The second-order valence-electron chi connectivity index (χ2n) is 5.68. The van der Waals surface area contributed by atoms with Crippen LogP contribution in [0.15, 0.2) is 24.3 Å². The highest BCUT2D eigenvalue weighted by molar-refractivity contribution is 6.32. The van der Waals surface area contributed by atoms with E-state index in [1.165, 1.54) is 0 Å². The quantitative estimate of drug-likeness (QED) is 0.684. The first-order valence-corrected chi connectivity index (χ1v) is 8.70. The van der Waals surface area contributed by atoms with Gasteiger partial charge in [-0.2, -0.15) is 0 Å². The number of benzene rings is 1. The number of carbonyl (C=O) groups excluding carboxylic acids is 1. The number of hydrogen-bond donors (Lipinski definition) is 2. The van der Waals surface area contributed by atoms with E-state index >= 15 is 0 Å². The highest BCUT2D eigenvalue weighted by Crippen LogP contribution is 2.24. The second kappa shape index (κ2) is 11.5. The Morgan fingerprint density at radius 3 is 2.75 bits per heavy atom. The molecule has 136 valence electrons. The number of hydrogen-bond acceptors (Lipinski definition) is 4. The third-order valence-corrected chi connectivity index (χ3v) is 4.24. The summed E-state index contributed by atoms with van der Waals surface area (Å²) < 4.78 is 5.74. The minimum Gasteiger partial charge on any atom is -0.479 e. The fourth-order valence-electron chi connectivity index (χ4n) is 2.58. The monoisotopic (exact) mass is 375 g/mol. The van der Waals surface area contributed by atoms with Gasteiger partial charge in [0.1, 0.15) is 5.75 Å². The van der Waals surface area contributed by atoms with Crippen molar-refractivity contribution in [1.82, 2.24) is 15.5 Å². The van der Waals surface area contributed by atoms with Crippen LogP contribution in [0.3, 0.4) is 0 Å². The molecule has 0 spiro atoms. The minimum atomic E-state index is -0.505. The van der Waals surface area contributed by atoms with Crippen molar-refractivity contribution in [2.75, 3.05) is 39.3 Å². The zero-order valence-electron chi connectivity index (χ0n) is 14.1. The number of ether oxygens (including phenoxy) is 1. The third kappa shape index (κ3) is 6.85. The van der Waals surface area contributed by atoms with E-state index in [9.17, 15) is 4.79 Å². The van der Waals surface area contributed by atoms with Gasteiger partial charge >= 0.3 is 0 Å². The van der Waals surface area contributed by atoms with Gasteiger partial charge in [-0.25, -0.2) is 0 Å². The van der Waals surface area contributed by atoms with E-state index in [0.29, 0.717) is 23.7 Å². The third-order valence-electron chi connectivity index (χ3n) is 3.93. The first-order chi connectivity index (χ1) is 11.2. The zero-order chi connectivity index (χ0) is 16.5. The molecule has 0 aliphatic carbocycles. The lowest BCUT2D eigenvalue weighted by Crippen LogP contribution is -2.44. The molecule has 1 fully saturated rings. The fraction of sp³-hybridized carbons (Fsp3) is 0.588. The normalized spacial score (nSPS) is 16.1. The molecule has 1 amide bonds. The van der Waals surface area contributed by atoms with E-state index in [4.69, 9.17) is 16.3 Å². The van der Waals surface area contributed by atoms with Gasteiger partial charge in [-0.15, -0.1) is 12.4 Å². The molecule has 1 saturated heterocycles. The first kappa shape index (κ1) is 21.0. The minimum absolute atomic E-state index is 0. The number of rotatable bonds is 8. The highest BCUT2D eigenvalue weighted by atomic mass is 35.5. The van der Waals surface area contributed by atoms with Gasteiger partial charge in [0.25, 0.3) is 5.91 Å². The van der Waals surface area contributed by atoms with E-state index < -0.39 is 6.10 Å². The molecule has 24 heavy (non-hydrogen) atoms. The van der Waals surface area contributed by atoms with E-state index in [0.717, 1.165) is 39.1 Å². The van der Waals surface area contributed by atoms with Crippen molar-refractivity contribution in [3.05, 3.63) is 29.3 Å². The molecule has 0 aromatic heterocycles. The van der Waals surface area contributed by atoms with Gasteiger partial charge in [0.15, 0.2) is 6.10 Å². The summed E-state index contributed by atoms with van der Waals surface area (Å²) >= 11 is 6.08. The van der Waals surface area contributed by atoms with Gasteiger partial charge in [-0.1, -0.05) is 30.7 Å². The molecule has 1 heterocycles. The van der Waals surface area contributed by atoms with Crippen LogP contribution in [-0.2, 0) is 4.79 Å². The maximum absolute atomic E-state index is 12.2. The zero-order valence-corrected chi connectivity index (χ0v) is 15.7. The molecule has 1 aromatic rings. The molecule has 1 unspecified atom stereocenters. The summed E-state index contributed by atoms with van der Waals surface area (Å²) in [5.74, 6) is 0.477. The SMILES string of the molecule is CCC(Oc1ccccc1Cl)C(=O)NCCCN1CCNCC1.Cl. The van der Waals surface area contributed by atoms with Crippen molar-refractivity contribution < 1.29 is 9.53 Å². The summed E-state index contributed by atoms with van der Waals surface area (Å²) in [6, 6.07) is 7.23. The molecule has 1 aliphatic rings. The van der Waals surface area contributed by atoms with Gasteiger partial charge in [-0.3, -0.25) is 4.79 Å². The number of piperazine rings is 1. The molecule has 1 aromatic carbocycles. The standard InChI is InChI=1S/C17H26ClN3O2.ClH/c1-2-15(23-16-7-4-3-6-14(16)18)17(22)20-8-5-11-21-12-9-19-10-13-21;/h3-4,6-7,15,19H,2,5,8-13H2,1H3,(H,20,22);1H. The predicted octanol–water partition coefficient (Wildman–Crippen LogP) is 2.33. The summed E-state index contributed by atoms with van der Waals surface area (Å²) in [5.41, 5.74) is 0. The highest BCUT2D eigenvalue weighted by Gasteiger charge is 2.19.